The highest BCUT2D eigenvalue weighted by Gasteiger charge is 2.64. The Balaban J connectivity index is 1.37. The zero-order valence-corrected chi connectivity index (χ0v) is 19.1. The molecule has 168 valence electrons. The van der Waals surface area contributed by atoms with Crippen molar-refractivity contribution >= 4 is 29.5 Å². The molecule has 1 N–H and O–H groups in total. The molecule has 0 spiro atoms. The highest BCUT2D eigenvalue weighted by Crippen LogP contribution is 2.51. The summed E-state index contributed by atoms with van der Waals surface area (Å²) >= 11 is 1.51. The molecule has 32 heavy (non-hydrogen) atoms. The van der Waals surface area contributed by atoms with Crippen LogP contribution in [0.3, 0.4) is 0 Å². The Morgan fingerprint density at radius 1 is 1.06 bits per heavy atom. The average molecular weight is 455 g/mol. The minimum atomic E-state index is -0.703. The summed E-state index contributed by atoms with van der Waals surface area (Å²) in [5.74, 6) is -0.176. The summed E-state index contributed by atoms with van der Waals surface area (Å²) in [6.45, 7) is 3.96. The molecule has 2 aromatic carbocycles. The Bertz CT molecular complexity index is 1010. The van der Waals surface area contributed by atoms with Crippen molar-refractivity contribution in [3.8, 4) is 5.75 Å². The molecule has 2 aliphatic rings. The minimum absolute atomic E-state index is 0.115. The molecule has 0 aromatic heterocycles. The second-order valence-corrected chi connectivity index (χ2v) is 10.2. The number of thioether (sulfide) groups is 1. The maximum absolute atomic E-state index is 12.9. The van der Waals surface area contributed by atoms with E-state index >= 15 is 0 Å². The van der Waals surface area contributed by atoms with Crippen LogP contribution >= 0.6 is 11.8 Å². The van der Waals surface area contributed by atoms with E-state index in [2.05, 4.69) is 5.32 Å². The molecule has 4 rings (SSSR count). The molecule has 2 fully saturated rings. The van der Waals surface area contributed by atoms with Gasteiger partial charge in [0.1, 0.15) is 29.8 Å². The Hall–Kier alpha value is -3.00. The van der Waals surface area contributed by atoms with Gasteiger partial charge in [0, 0.05) is 4.75 Å². The standard InChI is InChI=1S/C24H26N2O5S/c1-24(2)20(23(29)31-14-16-9-11-17(30-3)12-10-16)26-21(28)19(22(26)32-24)25-18(27)13-15-7-5-4-6-8-15/h4-12,19-20,22H,13-14H2,1-3H3,(H,25,27)/t19-,20+,22-/m1/s1. The smallest absolute Gasteiger partial charge is 0.330 e. The summed E-state index contributed by atoms with van der Waals surface area (Å²) in [5.41, 5.74) is 1.72. The second kappa shape index (κ2) is 8.86. The normalized spacial score (nSPS) is 23.2. The van der Waals surface area contributed by atoms with Gasteiger partial charge >= 0.3 is 5.97 Å². The summed E-state index contributed by atoms with van der Waals surface area (Å²) in [6.07, 6.45) is 0.207. The monoisotopic (exact) mass is 454 g/mol. The van der Waals surface area contributed by atoms with Gasteiger partial charge in [-0.15, -0.1) is 11.8 Å². The van der Waals surface area contributed by atoms with Gasteiger partial charge in [-0.25, -0.2) is 4.79 Å². The summed E-state index contributed by atoms with van der Waals surface area (Å²) in [7, 11) is 1.59. The average Bonchev–Trinajstić information content (AvgIpc) is 3.04. The zero-order valence-electron chi connectivity index (χ0n) is 18.2. The number of amides is 2. The lowest BCUT2D eigenvalue weighted by Gasteiger charge is -2.44. The lowest BCUT2D eigenvalue weighted by Crippen LogP contribution is -2.70. The fourth-order valence-electron chi connectivity index (χ4n) is 4.09. The van der Waals surface area contributed by atoms with Crippen LogP contribution in [-0.4, -0.2) is 52.0 Å². The number of fused-ring (bicyclic) bond motifs is 1. The minimum Gasteiger partial charge on any atom is -0.497 e. The Labute approximate surface area is 191 Å². The highest BCUT2D eigenvalue weighted by molar-refractivity contribution is 8.01. The van der Waals surface area contributed by atoms with Gasteiger partial charge in [0.15, 0.2) is 0 Å². The number of carbonyl (C=O) groups is 3. The molecule has 0 unspecified atom stereocenters. The number of benzene rings is 2. The molecular formula is C24H26N2O5S. The van der Waals surface area contributed by atoms with E-state index < -0.39 is 22.8 Å². The van der Waals surface area contributed by atoms with E-state index in [1.165, 1.54) is 11.8 Å². The molecule has 3 atom stereocenters. The third kappa shape index (κ3) is 4.32. The van der Waals surface area contributed by atoms with Crippen molar-refractivity contribution in [2.75, 3.05) is 7.11 Å². The SMILES string of the molecule is COc1ccc(COC(=O)[C@@H]2N3C(=O)[C@@H](NC(=O)Cc4ccccc4)[C@H]3SC2(C)C)cc1. The van der Waals surface area contributed by atoms with Gasteiger partial charge in [-0.05, 0) is 37.1 Å². The molecule has 0 aliphatic carbocycles. The summed E-state index contributed by atoms with van der Waals surface area (Å²) < 4.78 is 10.1. The van der Waals surface area contributed by atoms with E-state index in [1.54, 1.807) is 24.1 Å². The van der Waals surface area contributed by atoms with Crippen LogP contribution in [0.4, 0.5) is 0 Å². The van der Waals surface area contributed by atoms with Crippen LogP contribution in [0.1, 0.15) is 25.0 Å². The molecule has 2 saturated heterocycles. The first kappa shape index (κ1) is 22.2. The third-order valence-electron chi connectivity index (χ3n) is 5.73. The first-order valence-electron chi connectivity index (χ1n) is 10.4. The van der Waals surface area contributed by atoms with Crippen LogP contribution in [0.2, 0.25) is 0 Å². The fourth-order valence-corrected chi connectivity index (χ4v) is 5.71. The summed E-state index contributed by atoms with van der Waals surface area (Å²) in [4.78, 5) is 39.8. The lowest BCUT2D eigenvalue weighted by atomic mass is 9.96. The van der Waals surface area contributed by atoms with E-state index in [0.29, 0.717) is 0 Å². The van der Waals surface area contributed by atoms with Crippen molar-refractivity contribution in [3.63, 3.8) is 0 Å². The van der Waals surface area contributed by atoms with Crippen LogP contribution in [0, 0.1) is 0 Å². The summed E-state index contributed by atoms with van der Waals surface area (Å²) in [5, 5.41) is 2.56. The number of hydrogen-bond acceptors (Lipinski definition) is 6. The van der Waals surface area contributed by atoms with Crippen molar-refractivity contribution < 1.29 is 23.9 Å². The quantitative estimate of drug-likeness (QED) is 0.511. The molecular weight excluding hydrogens is 428 g/mol. The van der Waals surface area contributed by atoms with E-state index in [4.69, 9.17) is 9.47 Å². The largest absolute Gasteiger partial charge is 0.497 e. The molecule has 0 saturated carbocycles. The summed E-state index contributed by atoms with van der Waals surface area (Å²) in [6, 6.07) is 15.3. The van der Waals surface area contributed by atoms with Crippen LogP contribution in [0.5, 0.6) is 5.75 Å². The molecule has 8 heteroatoms. The highest BCUT2D eigenvalue weighted by atomic mass is 32.2. The molecule has 7 nitrogen and oxygen atoms in total. The first-order valence-corrected chi connectivity index (χ1v) is 11.3. The number of β-lactam (4-membered cyclic amide) rings is 1. The fraction of sp³-hybridized carbons (Fsp3) is 0.375. The van der Waals surface area contributed by atoms with E-state index in [-0.39, 0.29) is 30.2 Å². The number of nitrogens with zero attached hydrogens (tertiary/aromatic N) is 1. The van der Waals surface area contributed by atoms with E-state index in [0.717, 1.165) is 16.9 Å². The van der Waals surface area contributed by atoms with Crippen molar-refractivity contribution in [1.82, 2.24) is 10.2 Å². The van der Waals surface area contributed by atoms with Crippen LogP contribution < -0.4 is 10.1 Å². The van der Waals surface area contributed by atoms with Crippen molar-refractivity contribution in [1.29, 1.82) is 0 Å². The number of rotatable bonds is 7. The number of methoxy groups -OCH3 is 1. The molecule has 2 aliphatic heterocycles. The number of nitrogens with one attached hydrogen (secondary N) is 1. The molecule has 2 amide bonds. The Kier molecular flexibility index (Phi) is 6.15. The van der Waals surface area contributed by atoms with Crippen LogP contribution in [-0.2, 0) is 32.1 Å². The van der Waals surface area contributed by atoms with Crippen molar-refractivity contribution in [3.05, 3.63) is 65.7 Å². The van der Waals surface area contributed by atoms with E-state index in [9.17, 15) is 14.4 Å². The number of carbonyl (C=O) groups excluding carboxylic acids is 3. The van der Waals surface area contributed by atoms with Crippen molar-refractivity contribution in [2.45, 2.75) is 49.1 Å². The first-order chi connectivity index (χ1) is 15.3. The predicted octanol–water partition coefficient (Wildman–Crippen LogP) is 2.53. The van der Waals surface area contributed by atoms with Gasteiger partial charge in [-0.3, -0.25) is 9.59 Å². The van der Waals surface area contributed by atoms with Gasteiger partial charge in [-0.1, -0.05) is 42.5 Å². The van der Waals surface area contributed by atoms with Gasteiger partial charge in [0.05, 0.1) is 13.5 Å². The maximum Gasteiger partial charge on any atom is 0.330 e. The zero-order chi connectivity index (χ0) is 22.9. The second-order valence-electron chi connectivity index (χ2n) is 8.42. The number of hydrogen-bond donors (Lipinski definition) is 1. The van der Waals surface area contributed by atoms with Crippen LogP contribution in [0.25, 0.3) is 0 Å². The number of esters is 1. The van der Waals surface area contributed by atoms with Crippen LogP contribution in [0.15, 0.2) is 54.6 Å². The molecule has 0 radical (unpaired) electrons. The topological polar surface area (TPSA) is 84.9 Å². The Morgan fingerprint density at radius 3 is 2.41 bits per heavy atom. The third-order valence-corrected chi connectivity index (χ3v) is 7.30. The van der Waals surface area contributed by atoms with Gasteiger partial charge in [0.25, 0.3) is 0 Å². The van der Waals surface area contributed by atoms with E-state index in [1.807, 2.05) is 56.3 Å². The maximum atomic E-state index is 12.9. The molecule has 2 heterocycles. The predicted molar refractivity (Wildman–Crippen MR) is 121 cm³/mol. The molecule has 2 aromatic rings. The van der Waals surface area contributed by atoms with Crippen molar-refractivity contribution in [2.24, 2.45) is 0 Å². The molecule has 0 bridgehead atoms. The lowest BCUT2D eigenvalue weighted by molar-refractivity contribution is -0.165. The Morgan fingerprint density at radius 2 is 1.75 bits per heavy atom. The number of ether oxygens (including phenoxy) is 2. The van der Waals surface area contributed by atoms with Gasteiger partial charge in [0.2, 0.25) is 11.8 Å². The van der Waals surface area contributed by atoms with Gasteiger partial charge in [-0.2, -0.15) is 0 Å². The van der Waals surface area contributed by atoms with Gasteiger partial charge < -0.3 is 19.7 Å².